The van der Waals surface area contributed by atoms with Crippen molar-refractivity contribution in [1.29, 1.82) is 0 Å². The van der Waals surface area contributed by atoms with Crippen molar-refractivity contribution in [2.24, 2.45) is 0 Å². The molecule has 1 aromatic carbocycles. The highest BCUT2D eigenvalue weighted by atomic mass is 35.5. The Balaban J connectivity index is 1.83. The molecule has 1 atom stereocenters. The van der Waals surface area contributed by atoms with Gasteiger partial charge in [0.25, 0.3) is 0 Å². The van der Waals surface area contributed by atoms with E-state index in [9.17, 15) is 9.50 Å². The van der Waals surface area contributed by atoms with Gasteiger partial charge in [0.2, 0.25) is 0 Å². The second-order valence-corrected chi connectivity index (χ2v) is 6.59. The van der Waals surface area contributed by atoms with Crippen LogP contribution in [0.5, 0.6) is 0 Å². The van der Waals surface area contributed by atoms with Crippen LogP contribution in [0.15, 0.2) is 18.2 Å². The van der Waals surface area contributed by atoms with E-state index in [1.165, 1.54) is 0 Å². The monoisotopic (exact) mass is 337 g/mol. The van der Waals surface area contributed by atoms with E-state index < -0.39 is 6.10 Å². The van der Waals surface area contributed by atoms with Crippen LogP contribution in [0.2, 0.25) is 5.02 Å². The summed E-state index contributed by atoms with van der Waals surface area (Å²) in [6.07, 6.45) is 0.352. The van der Waals surface area contributed by atoms with E-state index in [2.05, 4.69) is 10.00 Å². The second-order valence-electron chi connectivity index (χ2n) is 6.18. The van der Waals surface area contributed by atoms with Crippen molar-refractivity contribution < 1.29 is 9.50 Å². The number of fused-ring (bicyclic) bond motifs is 1. The summed E-state index contributed by atoms with van der Waals surface area (Å²) in [5.41, 5.74) is 2.89. The molecule has 0 spiro atoms. The Kier molecular flexibility index (Phi) is 4.71. The summed E-state index contributed by atoms with van der Waals surface area (Å²) >= 11 is 6.19. The van der Waals surface area contributed by atoms with E-state index in [-0.39, 0.29) is 5.82 Å². The third-order valence-electron chi connectivity index (χ3n) is 4.30. The fourth-order valence-electron chi connectivity index (χ4n) is 2.97. The highest BCUT2D eigenvalue weighted by Gasteiger charge is 2.20. The van der Waals surface area contributed by atoms with Gasteiger partial charge >= 0.3 is 0 Å². The number of aromatic nitrogens is 2. The van der Waals surface area contributed by atoms with Crippen LogP contribution in [-0.2, 0) is 19.6 Å². The van der Waals surface area contributed by atoms with Gasteiger partial charge in [-0.1, -0.05) is 17.7 Å². The molecule has 3 rings (SSSR count). The number of aryl methyl sites for hydroxylation is 2. The van der Waals surface area contributed by atoms with Crippen LogP contribution in [0.3, 0.4) is 0 Å². The van der Waals surface area contributed by atoms with E-state index >= 15 is 0 Å². The lowest BCUT2D eigenvalue weighted by atomic mass is 10.1. The van der Waals surface area contributed by atoms with E-state index in [1.54, 1.807) is 26.0 Å². The minimum Gasteiger partial charge on any atom is -0.387 e. The van der Waals surface area contributed by atoms with Crippen molar-refractivity contribution in [3.05, 3.63) is 51.6 Å². The molecule has 1 N–H and O–H groups in total. The number of aliphatic hydroxyl groups excluding tert-OH is 1. The fraction of sp³-hybridized carbons (Fsp3) is 0.471. The van der Waals surface area contributed by atoms with Gasteiger partial charge in [0.15, 0.2) is 0 Å². The van der Waals surface area contributed by atoms with E-state index in [1.807, 2.05) is 10.7 Å². The molecule has 1 aromatic heterocycles. The molecule has 2 aromatic rings. The Hall–Kier alpha value is -1.43. The minimum atomic E-state index is -0.577. The molecule has 0 bridgehead atoms. The zero-order valence-electron chi connectivity index (χ0n) is 13.4. The molecule has 0 radical (unpaired) electrons. The summed E-state index contributed by atoms with van der Waals surface area (Å²) in [5, 5.41) is 14.6. The SMILES string of the molecule is Cc1ccc(Cl)c(CN2CCCn3nc(C(C)O)cc3C2)c1F. The van der Waals surface area contributed by atoms with Gasteiger partial charge in [0.05, 0.1) is 17.5 Å². The smallest absolute Gasteiger partial charge is 0.132 e. The molecular formula is C17H21ClFN3O. The molecule has 0 aliphatic carbocycles. The third-order valence-corrected chi connectivity index (χ3v) is 4.66. The first-order chi connectivity index (χ1) is 11.0. The Morgan fingerprint density at radius 1 is 1.39 bits per heavy atom. The molecule has 1 aliphatic heterocycles. The van der Waals surface area contributed by atoms with Crippen molar-refractivity contribution in [1.82, 2.24) is 14.7 Å². The molecule has 0 amide bonds. The molecule has 0 saturated carbocycles. The van der Waals surface area contributed by atoms with Crippen molar-refractivity contribution >= 4 is 11.6 Å². The first-order valence-corrected chi connectivity index (χ1v) is 8.24. The number of aliphatic hydroxyl groups is 1. The van der Waals surface area contributed by atoms with Crippen molar-refractivity contribution in [2.75, 3.05) is 6.54 Å². The Morgan fingerprint density at radius 2 is 2.17 bits per heavy atom. The van der Waals surface area contributed by atoms with Gasteiger partial charge in [-0.2, -0.15) is 5.10 Å². The molecular weight excluding hydrogens is 317 g/mol. The molecule has 23 heavy (non-hydrogen) atoms. The van der Waals surface area contributed by atoms with E-state index in [0.29, 0.717) is 34.9 Å². The number of hydrogen-bond acceptors (Lipinski definition) is 3. The van der Waals surface area contributed by atoms with Crippen molar-refractivity contribution in [3.63, 3.8) is 0 Å². The van der Waals surface area contributed by atoms with E-state index in [0.717, 1.165) is 25.2 Å². The Bertz CT molecular complexity index is 714. The Labute approximate surface area is 140 Å². The minimum absolute atomic E-state index is 0.222. The van der Waals surface area contributed by atoms with Crippen LogP contribution in [-0.4, -0.2) is 26.3 Å². The molecule has 1 aliphatic rings. The quantitative estimate of drug-likeness (QED) is 0.932. The molecule has 0 saturated heterocycles. The fourth-order valence-corrected chi connectivity index (χ4v) is 3.18. The van der Waals surface area contributed by atoms with Gasteiger partial charge in [0, 0.05) is 36.8 Å². The lowest BCUT2D eigenvalue weighted by Gasteiger charge is -2.21. The van der Waals surface area contributed by atoms with Gasteiger partial charge in [-0.3, -0.25) is 9.58 Å². The summed E-state index contributed by atoms with van der Waals surface area (Å²) in [4.78, 5) is 2.18. The van der Waals surface area contributed by atoms with Crippen LogP contribution in [0, 0.1) is 12.7 Å². The second kappa shape index (κ2) is 6.59. The van der Waals surface area contributed by atoms with Crippen LogP contribution in [0.1, 0.15) is 42.0 Å². The highest BCUT2D eigenvalue weighted by Crippen LogP contribution is 2.25. The molecule has 6 heteroatoms. The lowest BCUT2D eigenvalue weighted by Crippen LogP contribution is -2.23. The predicted molar refractivity (Wildman–Crippen MR) is 87.7 cm³/mol. The zero-order valence-corrected chi connectivity index (χ0v) is 14.1. The number of benzene rings is 1. The summed E-state index contributed by atoms with van der Waals surface area (Å²) in [6, 6.07) is 5.38. The van der Waals surface area contributed by atoms with Crippen molar-refractivity contribution in [3.8, 4) is 0 Å². The maximum atomic E-state index is 14.4. The molecule has 4 nitrogen and oxygen atoms in total. The van der Waals surface area contributed by atoms with Crippen LogP contribution >= 0.6 is 11.6 Å². The van der Waals surface area contributed by atoms with Gasteiger partial charge in [-0.25, -0.2) is 4.39 Å². The summed E-state index contributed by atoms with van der Waals surface area (Å²) in [6.45, 7) is 6.27. The van der Waals surface area contributed by atoms with Gasteiger partial charge in [0.1, 0.15) is 5.82 Å². The molecule has 0 fully saturated rings. The molecule has 2 heterocycles. The van der Waals surface area contributed by atoms with Crippen LogP contribution < -0.4 is 0 Å². The number of rotatable bonds is 3. The maximum Gasteiger partial charge on any atom is 0.132 e. The summed E-state index contributed by atoms with van der Waals surface area (Å²) in [5.74, 6) is -0.222. The van der Waals surface area contributed by atoms with Gasteiger partial charge in [-0.05, 0) is 38.0 Å². The number of hydrogen-bond donors (Lipinski definition) is 1. The van der Waals surface area contributed by atoms with E-state index in [4.69, 9.17) is 11.6 Å². The standard InChI is InChI=1S/C17H21ClFN3O/c1-11-4-5-15(18)14(17(11)19)10-21-6-3-7-22-13(9-21)8-16(20-22)12(2)23/h4-5,8,12,23H,3,6-7,9-10H2,1-2H3. The van der Waals surface area contributed by atoms with Crippen LogP contribution in [0.4, 0.5) is 4.39 Å². The van der Waals surface area contributed by atoms with Gasteiger partial charge in [-0.15, -0.1) is 0 Å². The molecule has 1 unspecified atom stereocenters. The summed E-state index contributed by atoms with van der Waals surface area (Å²) in [7, 11) is 0. The zero-order chi connectivity index (χ0) is 16.6. The Morgan fingerprint density at radius 3 is 2.91 bits per heavy atom. The maximum absolute atomic E-state index is 14.4. The summed E-state index contributed by atoms with van der Waals surface area (Å²) < 4.78 is 16.3. The highest BCUT2D eigenvalue weighted by molar-refractivity contribution is 6.31. The first-order valence-electron chi connectivity index (χ1n) is 7.86. The average molecular weight is 338 g/mol. The van der Waals surface area contributed by atoms with Crippen LogP contribution in [0.25, 0.3) is 0 Å². The predicted octanol–water partition coefficient (Wildman–Crippen LogP) is 3.44. The normalized spacial score (nSPS) is 16.9. The van der Waals surface area contributed by atoms with Crippen molar-refractivity contribution in [2.45, 2.75) is 46.0 Å². The average Bonchev–Trinajstić information content (AvgIpc) is 2.81. The number of halogens is 2. The topological polar surface area (TPSA) is 41.3 Å². The third kappa shape index (κ3) is 3.42. The largest absolute Gasteiger partial charge is 0.387 e. The lowest BCUT2D eigenvalue weighted by molar-refractivity contribution is 0.193. The number of nitrogens with zero attached hydrogens (tertiary/aromatic N) is 3. The molecule has 124 valence electrons. The first kappa shape index (κ1) is 16.4. The van der Waals surface area contributed by atoms with Gasteiger partial charge < -0.3 is 5.11 Å².